The van der Waals surface area contributed by atoms with Gasteiger partial charge in [-0.2, -0.15) is 0 Å². The maximum Gasteiger partial charge on any atom is 0.328 e. The van der Waals surface area contributed by atoms with E-state index in [9.17, 15) is 14.4 Å². The van der Waals surface area contributed by atoms with Crippen LogP contribution in [0.2, 0.25) is 0 Å². The van der Waals surface area contributed by atoms with E-state index in [0.29, 0.717) is 21.8 Å². The zero-order valence-electron chi connectivity index (χ0n) is 14.2. The average Bonchev–Trinajstić information content (AvgIpc) is 3.13. The molecule has 1 N–H and O–H groups in total. The quantitative estimate of drug-likeness (QED) is 0.606. The number of Topliss-reactive ketones (excluding diaryl/α,β-unsaturated/α-hetero) is 1. The van der Waals surface area contributed by atoms with Crippen LogP contribution in [0.1, 0.15) is 39.4 Å². The zero-order chi connectivity index (χ0) is 18.4. The van der Waals surface area contributed by atoms with Crippen LogP contribution >= 0.6 is 11.3 Å². The fraction of sp³-hybridized carbons (Fsp3) is 0.278. The number of amides is 1. The second kappa shape index (κ2) is 8.43. The summed E-state index contributed by atoms with van der Waals surface area (Å²) in [5, 5.41) is 4.37. The predicted octanol–water partition coefficient (Wildman–Crippen LogP) is 2.82. The number of thiophene rings is 1. The molecule has 0 aliphatic heterocycles. The molecule has 1 heterocycles. The number of esters is 1. The Morgan fingerprint density at radius 1 is 1.24 bits per heavy atom. The second-order valence-electron chi connectivity index (χ2n) is 5.36. The summed E-state index contributed by atoms with van der Waals surface area (Å²) in [6, 6.07) is 7.57. The Kier molecular flexibility index (Phi) is 6.30. The van der Waals surface area contributed by atoms with Crippen LogP contribution in [-0.4, -0.2) is 30.8 Å². The number of hydrogen-bond acceptors (Lipinski definition) is 6. The summed E-state index contributed by atoms with van der Waals surface area (Å²) in [5.41, 5.74) is 1.09. The van der Waals surface area contributed by atoms with Crippen molar-refractivity contribution in [2.24, 2.45) is 0 Å². The first-order valence-corrected chi connectivity index (χ1v) is 8.49. The summed E-state index contributed by atoms with van der Waals surface area (Å²) in [5.74, 6) is -0.462. The highest BCUT2D eigenvalue weighted by Crippen LogP contribution is 2.21. The molecule has 1 aromatic carbocycles. The minimum atomic E-state index is -0.795. The zero-order valence-corrected chi connectivity index (χ0v) is 15.0. The maximum absolute atomic E-state index is 12.1. The van der Waals surface area contributed by atoms with Gasteiger partial charge in [-0.3, -0.25) is 9.59 Å². The molecule has 0 aliphatic carbocycles. The molecule has 1 atom stereocenters. The number of benzene rings is 1. The molecular weight excluding hydrogens is 342 g/mol. The lowest BCUT2D eigenvalue weighted by Gasteiger charge is -2.14. The maximum atomic E-state index is 12.1. The van der Waals surface area contributed by atoms with Crippen LogP contribution in [-0.2, 0) is 16.1 Å². The normalized spacial score (nSPS) is 11.5. The number of methoxy groups -OCH3 is 1. The summed E-state index contributed by atoms with van der Waals surface area (Å²) < 4.78 is 10.5. The van der Waals surface area contributed by atoms with Crippen LogP contribution in [0.15, 0.2) is 35.7 Å². The molecule has 0 aliphatic rings. The molecule has 0 saturated carbocycles. The lowest BCUT2D eigenvalue weighted by molar-refractivity contribution is -0.146. The number of hydrogen-bond donors (Lipinski definition) is 1. The third-order valence-corrected chi connectivity index (χ3v) is 4.37. The van der Waals surface area contributed by atoms with Gasteiger partial charge >= 0.3 is 5.97 Å². The Hall–Kier alpha value is -2.67. The number of rotatable bonds is 7. The fourth-order valence-corrected chi connectivity index (χ4v) is 2.75. The molecule has 1 amide bonds. The summed E-state index contributed by atoms with van der Waals surface area (Å²) in [6.45, 7) is 2.96. The minimum absolute atomic E-state index is 0.0532. The molecule has 2 aromatic rings. The Morgan fingerprint density at radius 3 is 2.60 bits per heavy atom. The van der Waals surface area contributed by atoms with Gasteiger partial charge in [0.1, 0.15) is 18.4 Å². The van der Waals surface area contributed by atoms with Crippen LogP contribution < -0.4 is 10.1 Å². The van der Waals surface area contributed by atoms with Gasteiger partial charge < -0.3 is 14.8 Å². The van der Waals surface area contributed by atoms with Crippen molar-refractivity contribution >= 4 is 29.0 Å². The largest absolute Gasteiger partial charge is 0.496 e. The molecule has 1 aromatic heterocycles. The molecule has 6 nitrogen and oxygen atoms in total. The summed E-state index contributed by atoms with van der Waals surface area (Å²) in [6.07, 6.45) is 0. The molecule has 2 rings (SSSR count). The molecular formula is C18H19NO5S. The molecule has 0 fully saturated rings. The molecule has 0 unspecified atom stereocenters. The van der Waals surface area contributed by atoms with Crippen molar-refractivity contribution in [2.75, 3.05) is 7.11 Å². The fourth-order valence-electron chi connectivity index (χ4n) is 2.12. The van der Waals surface area contributed by atoms with Crippen molar-refractivity contribution < 1.29 is 23.9 Å². The SMILES string of the molecule is COc1ccc(C(C)=O)cc1COC(=O)[C@@H](C)NC(=O)c1cccs1. The minimum Gasteiger partial charge on any atom is -0.496 e. The van der Waals surface area contributed by atoms with Gasteiger partial charge in [-0.1, -0.05) is 6.07 Å². The third kappa shape index (κ3) is 4.90. The second-order valence-corrected chi connectivity index (χ2v) is 6.31. The van der Waals surface area contributed by atoms with Crippen LogP contribution in [0, 0.1) is 0 Å². The highest BCUT2D eigenvalue weighted by molar-refractivity contribution is 7.12. The van der Waals surface area contributed by atoms with Gasteiger partial charge in [-0.25, -0.2) is 4.79 Å². The van der Waals surface area contributed by atoms with Crippen LogP contribution in [0.25, 0.3) is 0 Å². The first-order valence-electron chi connectivity index (χ1n) is 7.61. The standard InChI is InChI=1S/C18H19NO5S/c1-11(19-17(21)16-5-4-8-25-16)18(22)24-10-14-9-13(12(2)20)6-7-15(14)23-3/h4-9,11H,10H2,1-3H3,(H,19,21)/t11-/m1/s1. The van der Waals surface area contributed by atoms with E-state index in [1.807, 2.05) is 0 Å². The van der Waals surface area contributed by atoms with Crippen molar-refractivity contribution in [1.29, 1.82) is 0 Å². The van der Waals surface area contributed by atoms with E-state index in [1.54, 1.807) is 42.6 Å². The first kappa shape index (κ1) is 18.7. The van der Waals surface area contributed by atoms with Gasteiger partial charge in [0.15, 0.2) is 5.78 Å². The van der Waals surface area contributed by atoms with Gasteiger partial charge in [0.25, 0.3) is 5.91 Å². The van der Waals surface area contributed by atoms with Crippen molar-refractivity contribution in [3.05, 3.63) is 51.7 Å². The molecule has 0 radical (unpaired) electrons. The molecule has 0 bridgehead atoms. The molecule has 0 spiro atoms. The molecule has 7 heteroatoms. The Bertz CT molecular complexity index is 770. The monoisotopic (exact) mass is 361 g/mol. The van der Waals surface area contributed by atoms with Crippen molar-refractivity contribution in [3.8, 4) is 5.75 Å². The Labute approximate surface area is 149 Å². The number of carbonyl (C=O) groups is 3. The van der Waals surface area contributed by atoms with Gasteiger partial charge in [-0.05, 0) is 43.5 Å². The van der Waals surface area contributed by atoms with E-state index in [4.69, 9.17) is 9.47 Å². The van der Waals surface area contributed by atoms with Gasteiger partial charge in [0.2, 0.25) is 0 Å². The lowest BCUT2D eigenvalue weighted by atomic mass is 10.1. The highest BCUT2D eigenvalue weighted by Gasteiger charge is 2.19. The van der Waals surface area contributed by atoms with Crippen molar-refractivity contribution in [3.63, 3.8) is 0 Å². The highest BCUT2D eigenvalue weighted by atomic mass is 32.1. The van der Waals surface area contributed by atoms with E-state index in [1.165, 1.54) is 25.4 Å². The third-order valence-electron chi connectivity index (χ3n) is 3.50. The number of nitrogens with one attached hydrogen (secondary N) is 1. The smallest absolute Gasteiger partial charge is 0.328 e. The van der Waals surface area contributed by atoms with E-state index >= 15 is 0 Å². The molecule has 25 heavy (non-hydrogen) atoms. The molecule has 132 valence electrons. The van der Waals surface area contributed by atoms with Crippen LogP contribution in [0.4, 0.5) is 0 Å². The molecule has 0 saturated heterocycles. The average molecular weight is 361 g/mol. The van der Waals surface area contributed by atoms with Crippen molar-refractivity contribution in [1.82, 2.24) is 5.32 Å². The number of carbonyl (C=O) groups excluding carboxylic acids is 3. The predicted molar refractivity (Wildman–Crippen MR) is 94.0 cm³/mol. The van der Waals surface area contributed by atoms with E-state index in [2.05, 4.69) is 5.32 Å². The Balaban J connectivity index is 1.98. The van der Waals surface area contributed by atoms with E-state index < -0.39 is 12.0 Å². The topological polar surface area (TPSA) is 81.7 Å². The van der Waals surface area contributed by atoms with E-state index in [0.717, 1.165) is 0 Å². The number of ketones is 1. The first-order chi connectivity index (χ1) is 11.9. The van der Waals surface area contributed by atoms with Crippen LogP contribution in [0.5, 0.6) is 5.75 Å². The summed E-state index contributed by atoms with van der Waals surface area (Å²) in [4.78, 5) is 36.1. The number of ether oxygens (including phenoxy) is 2. The summed E-state index contributed by atoms with van der Waals surface area (Å²) >= 11 is 1.29. The van der Waals surface area contributed by atoms with E-state index in [-0.39, 0.29) is 18.3 Å². The lowest BCUT2D eigenvalue weighted by Crippen LogP contribution is -2.39. The van der Waals surface area contributed by atoms with Gasteiger partial charge in [-0.15, -0.1) is 11.3 Å². The summed E-state index contributed by atoms with van der Waals surface area (Å²) in [7, 11) is 1.50. The van der Waals surface area contributed by atoms with Crippen molar-refractivity contribution in [2.45, 2.75) is 26.5 Å². The van der Waals surface area contributed by atoms with Crippen LogP contribution in [0.3, 0.4) is 0 Å². The Morgan fingerprint density at radius 2 is 2.00 bits per heavy atom. The van der Waals surface area contributed by atoms with Gasteiger partial charge in [0.05, 0.1) is 12.0 Å². The van der Waals surface area contributed by atoms with Gasteiger partial charge in [0, 0.05) is 11.1 Å².